The fourth-order valence-electron chi connectivity index (χ4n) is 2.32. The summed E-state index contributed by atoms with van der Waals surface area (Å²) in [5.41, 5.74) is -0.306. The third-order valence-corrected chi connectivity index (χ3v) is 6.48. The first-order valence-electron chi connectivity index (χ1n) is 7.23. The summed E-state index contributed by atoms with van der Waals surface area (Å²) in [6.45, 7) is 5.00. The number of methoxy groups -OCH3 is 1. The van der Waals surface area contributed by atoms with Gasteiger partial charge in [-0.05, 0) is 30.7 Å². The number of hydrogen-bond acceptors (Lipinski definition) is 5. The van der Waals surface area contributed by atoms with Crippen LogP contribution in [0.1, 0.15) is 38.0 Å². The lowest BCUT2D eigenvalue weighted by Gasteiger charge is -2.40. The molecular weight excluding hydrogens is 308 g/mol. The smallest absolute Gasteiger partial charge is 0.241 e. The van der Waals surface area contributed by atoms with Gasteiger partial charge in [-0.3, -0.25) is 0 Å². The Morgan fingerprint density at radius 1 is 1.43 bits per heavy atom. The maximum Gasteiger partial charge on any atom is 0.241 e. The molecule has 1 aliphatic carbocycles. The Morgan fingerprint density at radius 3 is 2.67 bits per heavy atom. The minimum Gasteiger partial charge on any atom is -0.377 e. The normalized spacial score (nSPS) is 17.9. The van der Waals surface area contributed by atoms with Gasteiger partial charge in [-0.25, -0.2) is 13.1 Å². The summed E-state index contributed by atoms with van der Waals surface area (Å²) in [4.78, 5) is 1.22. The van der Waals surface area contributed by atoms with Gasteiger partial charge in [0.2, 0.25) is 10.0 Å². The van der Waals surface area contributed by atoms with Gasteiger partial charge < -0.3 is 10.1 Å². The van der Waals surface area contributed by atoms with Gasteiger partial charge >= 0.3 is 0 Å². The standard InChI is InChI=1S/C14H24N2O3S2/c1-11(2)15-9-12-13(5-8-20-12)21(17,18)16-10-14(19-3)6-4-7-14/h5,8,11,15-16H,4,6-7,9-10H2,1-3H3. The highest BCUT2D eigenvalue weighted by molar-refractivity contribution is 7.89. The first kappa shape index (κ1) is 16.9. The van der Waals surface area contributed by atoms with Crippen molar-refractivity contribution >= 4 is 21.4 Å². The topological polar surface area (TPSA) is 67.4 Å². The predicted octanol–water partition coefficient (Wildman–Crippen LogP) is 2.09. The summed E-state index contributed by atoms with van der Waals surface area (Å²) in [6.07, 6.45) is 2.92. The van der Waals surface area contributed by atoms with Crippen molar-refractivity contribution < 1.29 is 13.2 Å². The van der Waals surface area contributed by atoms with E-state index in [2.05, 4.69) is 10.0 Å². The van der Waals surface area contributed by atoms with E-state index in [4.69, 9.17) is 4.74 Å². The quantitative estimate of drug-likeness (QED) is 0.765. The van der Waals surface area contributed by atoms with Crippen molar-refractivity contribution in [2.75, 3.05) is 13.7 Å². The molecule has 0 radical (unpaired) electrons. The first-order valence-corrected chi connectivity index (χ1v) is 9.59. The molecule has 0 atom stereocenters. The zero-order valence-corrected chi connectivity index (χ0v) is 14.4. The fraction of sp³-hybridized carbons (Fsp3) is 0.714. The Bertz CT molecular complexity index is 557. The Morgan fingerprint density at radius 2 is 2.14 bits per heavy atom. The van der Waals surface area contributed by atoms with E-state index in [0.29, 0.717) is 24.0 Å². The molecule has 2 rings (SSSR count). The highest BCUT2D eigenvalue weighted by Gasteiger charge is 2.38. The average Bonchev–Trinajstić information content (AvgIpc) is 2.84. The van der Waals surface area contributed by atoms with E-state index in [9.17, 15) is 8.42 Å². The maximum absolute atomic E-state index is 12.5. The van der Waals surface area contributed by atoms with Crippen LogP contribution >= 0.6 is 11.3 Å². The summed E-state index contributed by atoms with van der Waals surface area (Å²) >= 11 is 1.46. The third-order valence-electron chi connectivity index (χ3n) is 3.95. The van der Waals surface area contributed by atoms with E-state index in [1.165, 1.54) is 11.3 Å². The average molecular weight is 332 g/mol. The van der Waals surface area contributed by atoms with Crippen LogP contribution in [0.3, 0.4) is 0 Å². The molecule has 0 unspecified atom stereocenters. The molecule has 0 aromatic carbocycles. The molecule has 1 aromatic rings. The molecule has 5 nitrogen and oxygen atoms in total. The lowest BCUT2D eigenvalue weighted by Crippen LogP contribution is -2.49. The summed E-state index contributed by atoms with van der Waals surface area (Å²) in [6, 6.07) is 1.99. The molecular formula is C14H24N2O3S2. The van der Waals surface area contributed by atoms with Crippen LogP contribution in [0.4, 0.5) is 0 Å². The summed E-state index contributed by atoms with van der Waals surface area (Å²) in [5.74, 6) is 0. The van der Waals surface area contributed by atoms with Crippen LogP contribution in [0, 0.1) is 0 Å². The molecule has 0 bridgehead atoms. The van der Waals surface area contributed by atoms with E-state index >= 15 is 0 Å². The number of ether oxygens (including phenoxy) is 1. The summed E-state index contributed by atoms with van der Waals surface area (Å²) in [5, 5.41) is 5.08. The predicted molar refractivity (Wildman–Crippen MR) is 85.1 cm³/mol. The van der Waals surface area contributed by atoms with Crippen molar-refractivity contribution in [2.24, 2.45) is 0 Å². The Balaban J connectivity index is 2.04. The van der Waals surface area contributed by atoms with Gasteiger partial charge in [0, 0.05) is 31.1 Å². The van der Waals surface area contributed by atoms with Crippen LogP contribution in [0.5, 0.6) is 0 Å². The van der Waals surface area contributed by atoms with Crippen molar-refractivity contribution in [3.05, 3.63) is 16.3 Å². The lowest BCUT2D eigenvalue weighted by molar-refractivity contribution is -0.0659. The van der Waals surface area contributed by atoms with Crippen molar-refractivity contribution in [1.82, 2.24) is 10.0 Å². The molecule has 1 heterocycles. The highest BCUT2D eigenvalue weighted by atomic mass is 32.2. The second kappa shape index (κ2) is 6.75. The molecule has 1 aromatic heterocycles. The number of thiophene rings is 1. The van der Waals surface area contributed by atoms with Crippen LogP contribution in [-0.2, 0) is 21.3 Å². The monoisotopic (exact) mass is 332 g/mol. The molecule has 1 aliphatic rings. The molecule has 0 amide bonds. The van der Waals surface area contributed by atoms with Gasteiger partial charge in [-0.15, -0.1) is 11.3 Å². The molecule has 0 spiro atoms. The summed E-state index contributed by atoms with van der Waals surface area (Å²) in [7, 11) is -1.83. The van der Waals surface area contributed by atoms with Crippen molar-refractivity contribution in [1.29, 1.82) is 0 Å². The SMILES string of the molecule is COC1(CNS(=O)(=O)c2ccsc2CNC(C)C)CCC1. The Labute approximate surface area is 131 Å². The molecule has 21 heavy (non-hydrogen) atoms. The second-order valence-corrected chi connectivity index (χ2v) is 8.54. The largest absolute Gasteiger partial charge is 0.377 e. The maximum atomic E-state index is 12.5. The Kier molecular flexibility index (Phi) is 5.43. The third kappa shape index (κ3) is 4.04. The van der Waals surface area contributed by atoms with E-state index in [1.54, 1.807) is 13.2 Å². The first-order chi connectivity index (χ1) is 9.88. The van der Waals surface area contributed by atoms with Gasteiger partial charge in [-0.2, -0.15) is 0 Å². The molecule has 1 fully saturated rings. The number of rotatable bonds is 8. The Hall–Kier alpha value is -0.470. The molecule has 7 heteroatoms. The molecule has 1 saturated carbocycles. The molecule has 0 aliphatic heterocycles. The summed E-state index contributed by atoms with van der Waals surface area (Å²) < 4.78 is 33.1. The van der Waals surface area contributed by atoms with Gasteiger partial charge in [0.05, 0.1) is 10.5 Å². The van der Waals surface area contributed by atoms with Crippen LogP contribution in [0.25, 0.3) is 0 Å². The van der Waals surface area contributed by atoms with E-state index in [-0.39, 0.29) is 5.60 Å². The van der Waals surface area contributed by atoms with Crippen molar-refractivity contribution in [2.45, 2.75) is 56.2 Å². The zero-order valence-electron chi connectivity index (χ0n) is 12.8. The minimum atomic E-state index is -3.47. The number of hydrogen-bond donors (Lipinski definition) is 2. The van der Waals surface area contributed by atoms with Crippen LogP contribution in [0.2, 0.25) is 0 Å². The zero-order chi connectivity index (χ0) is 15.5. The second-order valence-electron chi connectivity index (χ2n) is 5.81. The lowest BCUT2D eigenvalue weighted by atomic mass is 9.80. The van der Waals surface area contributed by atoms with Gasteiger partial charge in [0.15, 0.2) is 0 Å². The van der Waals surface area contributed by atoms with Crippen molar-refractivity contribution in [3.63, 3.8) is 0 Å². The van der Waals surface area contributed by atoms with Crippen LogP contribution in [0.15, 0.2) is 16.3 Å². The highest BCUT2D eigenvalue weighted by Crippen LogP contribution is 2.34. The van der Waals surface area contributed by atoms with E-state index in [0.717, 1.165) is 24.1 Å². The molecule has 120 valence electrons. The van der Waals surface area contributed by atoms with Crippen molar-refractivity contribution in [3.8, 4) is 0 Å². The van der Waals surface area contributed by atoms with E-state index in [1.807, 2.05) is 19.2 Å². The van der Waals surface area contributed by atoms with E-state index < -0.39 is 10.0 Å². The number of sulfonamides is 1. The fourth-order valence-corrected chi connectivity index (χ4v) is 4.83. The van der Waals surface area contributed by atoms with Gasteiger partial charge in [0.1, 0.15) is 0 Å². The van der Waals surface area contributed by atoms with Gasteiger partial charge in [-0.1, -0.05) is 13.8 Å². The number of nitrogens with one attached hydrogen (secondary N) is 2. The van der Waals surface area contributed by atoms with Crippen LogP contribution < -0.4 is 10.0 Å². The van der Waals surface area contributed by atoms with Gasteiger partial charge in [0.25, 0.3) is 0 Å². The molecule has 2 N–H and O–H groups in total. The minimum absolute atomic E-state index is 0.306. The van der Waals surface area contributed by atoms with Crippen LogP contribution in [-0.4, -0.2) is 33.7 Å². The molecule has 0 saturated heterocycles.